The Hall–Kier alpha value is -1.67. The molecule has 0 aromatic heterocycles. The highest BCUT2D eigenvalue weighted by molar-refractivity contribution is 7.90. The van der Waals surface area contributed by atoms with Crippen LogP contribution in [0.5, 0.6) is 0 Å². The maximum Gasteiger partial charge on any atom is 0.293 e. The molecule has 0 amide bonds. The van der Waals surface area contributed by atoms with Crippen LogP contribution in [0.1, 0.15) is 27.7 Å². The van der Waals surface area contributed by atoms with E-state index in [2.05, 4.69) is 5.32 Å². The summed E-state index contributed by atoms with van der Waals surface area (Å²) in [6, 6.07) is 3.64. The third-order valence-corrected chi connectivity index (χ3v) is 4.68. The minimum atomic E-state index is -3.53. The van der Waals surface area contributed by atoms with Crippen molar-refractivity contribution in [2.45, 2.75) is 43.7 Å². The second-order valence-electron chi connectivity index (χ2n) is 6.02. The maximum atomic E-state index is 11.5. The van der Waals surface area contributed by atoms with Crippen molar-refractivity contribution >= 4 is 21.2 Å². The molecule has 1 aromatic carbocycles. The molecule has 0 saturated carbocycles. The number of anilines is 1. The molecule has 2 N–H and O–H groups in total. The summed E-state index contributed by atoms with van der Waals surface area (Å²) in [5, 5.41) is 24.1. The molecule has 0 spiro atoms. The molecule has 0 aliphatic rings. The van der Waals surface area contributed by atoms with Crippen LogP contribution < -0.4 is 5.32 Å². The van der Waals surface area contributed by atoms with Gasteiger partial charge in [-0.3, -0.25) is 10.1 Å². The highest BCUT2D eigenvalue weighted by Gasteiger charge is 2.36. The van der Waals surface area contributed by atoms with Gasteiger partial charge in [0.05, 0.1) is 21.0 Å². The van der Waals surface area contributed by atoms with Crippen molar-refractivity contribution in [3.8, 4) is 0 Å². The molecule has 1 aromatic rings. The first kappa shape index (κ1) is 17.4. The SMILES string of the molecule is CC(C)(O)C(C)(C)Nc1ccc(S(C)(=O)=O)cc1[N+](=O)[O-]. The van der Waals surface area contributed by atoms with Crippen LogP contribution in [0, 0.1) is 10.1 Å². The van der Waals surface area contributed by atoms with Crippen LogP contribution in [0.25, 0.3) is 0 Å². The van der Waals surface area contributed by atoms with Gasteiger partial charge in [0.1, 0.15) is 5.69 Å². The number of rotatable bonds is 5. The van der Waals surface area contributed by atoms with E-state index < -0.39 is 25.9 Å². The van der Waals surface area contributed by atoms with Crippen molar-refractivity contribution in [1.29, 1.82) is 0 Å². The van der Waals surface area contributed by atoms with Crippen molar-refractivity contribution < 1.29 is 18.4 Å². The normalized spacial score (nSPS) is 13.0. The third kappa shape index (κ3) is 3.92. The Morgan fingerprint density at radius 3 is 2.14 bits per heavy atom. The lowest BCUT2D eigenvalue weighted by Gasteiger charge is -2.38. The van der Waals surface area contributed by atoms with Gasteiger partial charge in [-0.25, -0.2) is 8.42 Å². The van der Waals surface area contributed by atoms with Crippen LogP contribution >= 0.6 is 0 Å². The molecule has 0 saturated heterocycles. The smallest absolute Gasteiger partial charge is 0.293 e. The summed E-state index contributed by atoms with van der Waals surface area (Å²) >= 11 is 0. The number of aliphatic hydroxyl groups is 1. The van der Waals surface area contributed by atoms with E-state index in [1.165, 1.54) is 12.1 Å². The van der Waals surface area contributed by atoms with Crippen LogP contribution in [0.15, 0.2) is 23.1 Å². The van der Waals surface area contributed by atoms with E-state index in [4.69, 9.17) is 0 Å². The lowest BCUT2D eigenvalue weighted by atomic mass is 9.85. The van der Waals surface area contributed by atoms with Crippen LogP contribution in [0.3, 0.4) is 0 Å². The average molecular weight is 316 g/mol. The molecule has 118 valence electrons. The van der Waals surface area contributed by atoms with Crippen molar-refractivity contribution in [2.75, 3.05) is 11.6 Å². The fraction of sp³-hybridized carbons (Fsp3) is 0.538. The van der Waals surface area contributed by atoms with Gasteiger partial charge in [-0.1, -0.05) is 0 Å². The fourth-order valence-electron chi connectivity index (χ4n) is 1.49. The summed E-state index contributed by atoms with van der Waals surface area (Å²) in [4.78, 5) is 10.4. The van der Waals surface area contributed by atoms with Crippen LogP contribution in [0.2, 0.25) is 0 Å². The highest BCUT2D eigenvalue weighted by Crippen LogP contribution is 2.33. The molecular formula is C13H20N2O5S. The summed E-state index contributed by atoms with van der Waals surface area (Å²) in [5.74, 6) is 0. The van der Waals surface area contributed by atoms with Gasteiger partial charge in [-0.2, -0.15) is 0 Å². The molecule has 21 heavy (non-hydrogen) atoms. The molecule has 0 aliphatic heterocycles. The number of nitro groups is 1. The van der Waals surface area contributed by atoms with Crippen LogP contribution in [-0.2, 0) is 9.84 Å². The Morgan fingerprint density at radius 1 is 1.24 bits per heavy atom. The van der Waals surface area contributed by atoms with Crippen molar-refractivity contribution in [3.63, 3.8) is 0 Å². The topological polar surface area (TPSA) is 110 Å². The van der Waals surface area contributed by atoms with E-state index >= 15 is 0 Å². The molecule has 0 fully saturated rings. The van der Waals surface area contributed by atoms with Crippen LogP contribution in [-0.4, -0.2) is 35.8 Å². The standard InChI is InChI=1S/C13H20N2O5S/c1-12(2,13(3,4)16)14-10-7-6-9(21(5,19)20)8-11(10)15(17)18/h6-8,14,16H,1-5H3. The van der Waals surface area contributed by atoms with Gasteiger partial charge in [0, 0.05) is 12.3 Å². The quantitative estimate of drug-likeness (QED) is 0.635. The summed E-state index contributed by atoms with van der Waals surface area (Å²) in [7, 11) is -3.53. The summed E-state index contributed by atoms with van der Waals surface area (Å²) in [6.07, 6.45) is 0.986. The van der Waals surface area contributed by atoms with E-state index in [9.17, 15) is 23.6 Å². The summed E-state index contributed by atoms with van der Waals surface area (Å²) in [6.45, 7) is 6.55. The molecule has 8 heteroatoms. The molecule has 7 nitrogen and oxygen atoms in total. The molecule has 1 rings (SSSR count). The van der Waals surface area contributed by atoms with Crippen molar-refractivity contribution in [2.24, 2.45) is 0 Å². The van der Waals surface area contributed by atoms with Gasteiger partial charge < -0.3 is 10.4 Å². The lowest BCUT2D eigenvalue weighted by Crippen LogP contribution is -2.51. The molecule has 0 atom stereocenters. The minimum Gasteiger partial charge on any atom is -0.388 e. The van der Waals surface area contributed by atoms with Gasteiger partial charge >= 0.3 is 0 Å². The first-order chi connectivity index (χ1) is 9.25. The monoisotopic (exact) mass is 316 g/mol. The minimum absolute atomic E-state index is 0.124. The molecule has 0 unspecified atom stereocenters. The second kappa shape index (κ2) is 5.27. The molecule has 0 aliphatic carbocycles. The fourth-order valence-corrected chi connectivity index (χ4v) is 2.13. The number of sulfone groups is 1. The van der Waals surface area contributed by atoms with E-state index in [0.29, 0.717) is 0 Å². The van der Waals surface area contributed by atoms with Gasteiger partial charge in [-0.05, 0) is 39.8 Å². The molecule has 0 heterocycles. The van der Waals surface area contributed by atoms with Gasteiger partial charge in [0.15, 0.2) is 9.84 Å². The van der Waals surface area contributed by atoms with E-state index in [-0.39, 0.29) is 16.3 Å². The molecule has 0 bridgehead atoms. The first-order valence-corrected chi connectivity index (χ1v) is 8.14. The molecule has 0 radical (unpaired) electrons. The summed E-state index contributed by atoms with van der Waals surface area (Å²) < 4.78 is 23.0. The number of hydrogen-bond donors (Lipinski definition) is 2. The zero-order chi connectivity index (χ0) is 16.6. The van der Waals surface area contributed by atoms with Gasteiger partial charge in [0.25, 0.3) is 5.69 Å². The Balaban J connectivity index is 3.36. The predicted octanol–water partition coefficient (Wildman–Crippen LogP) is 1.96. The van der Waals surface area contributed by atoms with E-state index in [0.717, 1.165) is 12.3 Å². The highest BCUT2D eigenvalue weighted by atomic mass is 32.2. The Labute approximate surface area is 124 Å². The summed E-state index contributed by atoms with van der Waals surface area (Å²) in [5.41, 5.74) is -2.20. The van der Waals surface area contributed by atoms with E-state index in [1.807, 2.05) is 0 Å². The second-order valence-corrected chi connectivity index (χ2v) is 8.03. The van der Waals surface area contributed by atoms with Gasteiger partial charge in [-0.15, -0.1) is 0 Å². The average Bonchev–Trinajstić information content (AvgIpc) is 2.25. The van der Waals surface area contributed by atoms with Crippen molar-refractivity contribution in [1.82, 2.24) is 0 Å². The molecular weight excluding hydrogens is 296 g/mol. The van der Waals surface area contributed by atoms with Crippen LogP contribution in [0.4, 0.5) is 11.4 Å². The lowest BCUT2D eigenvalue weighted by molar-refractivity contribution is -0.384. The Bertz CT molecular complexity index is 660. The number of nitrogens with one attached hydrogen (secondary N) is 1. The Kier molecular flexibility index (Phi) is 4.36. The number of benzene rings is 1. The predicted molar refractivity (Wildman–Crippen MR) is 80.2 cm³/mol. The third-order valence-electron chi connectivity index (χ3n) is 3.57. The maximum absolute atomic E-state index is 11.5. The zero-order valence-corrected chi connectivity index (χ0v) is 13.5. The number of hydrogen-bond acceptors (Lipinski definition) is 6. The first-order valence-electron chi connectivity index (χ1n) is 6.25. The van der Waals surface area contributed by atoms with Crippen molar-refractivity contribution in [3.05, 3.63) is 28.3 Å². The number of nitro benzene ring substituents is 1. The zero-order valence-electron chi connectivity index (χ0n) is 12.7. The van der Waals surface area contributed by atoms with E-state index in [1.54, 1.807) is 27.7 Å². The van der Waals surface area contributed by atoms with Gasteiger partial charge in [0.2, 0.25) is 0 Å². The Morgan fingerprint density at radius 2 is 1.76 bits per heavy atom. The largest absolute Gasteiger partial charge is 0.388 e. The number of nitrogens with zero attached hydrogens (tertiary/aromatic N) is 1.